The fraction of sp³-hybridized carbons (Fsp3) is 0.133. The molecule has 0 aromatic heterocycles. The fourth-order valence-corrected chi connectivity index (χ4v) is 5.00. The van der Waals surface area contributed by atoms with Crippen molar-refractivity contribution in [1.82, 2.24) is 0 Å². The van der Waals surface area contributed by atoms with Crippen molar-refractivity contribution in [2.75, 3.05) is 0 Å². The number of carbonyl (C=O) groups is 2. The summed E-state index contributed by atoms with van der Waals surface area (Å²) >= 11 is 0. The second kappa shape index (κ2) is 16.8. The predicted octanol–water partition coefficient (Wildman–Crippen LogP) is 5.31. The van der Waals surface area contributed by atoms with E-state index < -0.39 is 72.9 Å². The summed E-state index contributed by atoms with van der Waals surface area (Å²) in [5.41, 5.74) is 0.547. The van der Waals surface area contributed by atoms with E-state index >= 15 is 0 Å². The number of carbonyl (C=O) groups excluding carboxylic acids is 2. The molecule has 0 heterocycles. The largest absolute Gasteiger partial charge is 0.567 e. The number of phenolic OH excluding ortho intramolecular Hbond substituents is 6. The van der Waals surface area contributed by atoms with E-state index in [1.807, 2.05) is 0 Å². The Bertz CT molecular complexity index is 1740. The van der Waals surface area contributed by atoms with Crippen molar-refractivity contribution >= 4 is 27.3 Å². The molecule has 0 fully saturated rings. The van der Waals surface area contributed by atoms with Gasteiger partial charge in [-0.05, 0) is 48.2 Å². The zero-order valence-electron chi connectivity index (χ0n) is 24.9. The molecule has 0 amide bonds. The van der Waals surface area contributed by atoms with E-state index in [9.17, 15) is 53.6 Å². The molecule has 4 aromatic carbocycles. The van der Waals surface area contributed by atoms with Crippen LogP contribution in [-0.4, -0.2) is 56.9 Å². The Hall–Kier alpha value is -5.18. The van der Waals surface area contributed by atoms with E-state index in [2.05, 4.69) is 9.05 Å². The summed E-state index contributed by atoms with van der Waals surface area (Å²) in [4.78, 5) is 51.0. The predicted molar refractivity (Wildman–Crippen MR) is 168 cm³/mol. The summed E-state index contributed by atoms with van der Waals surface area (Å²) in [5, 5.41) is 56.8. The fourth-order valence-electron chi connectivity index (χ4n) is 4.22. The molecule has 0 bridgehead atoms. The average molecular weight is 730 g/mol. The number of hydrogen-bond donors (Lipinski definition) is 9. The Kier molecular flexibility index (Phi) is 13.7. The third-order valence-electron chi connectivity index (χ3n) is 6.27. The Labute approximate surface area is 276 Å². The Morgan fingerprint density at radius 3 is 1.24 bits per heavy atom. The van der Waals surface area contributed by atoms with Crippen LogP contribution >= 0.6 is 15.7 Å². The lowest BCUT2D eigenvalue weighted by Gasteiger charge is -2.13. The van der Waals surface area contributed by atoms with Gasteiger partial charge >= 0.3 is 15.7 Å². The van der Waals surface area contributed by atoms with Gasteiger partial charge in [-0.15, -0.1) is 4.20 Å². The van der Waals surface area contributed by atoms with E-state index in [0.29, 0.717) is 0 Å². The van der Waals surface area contributed by atoms with Crippen LogP contribution in [0.5, 0.6) is 46.0 Å². The molecule has 1 atom stereocenters. The number of phosphoric ester groups is 1. The maximum atomic E-state index is 12.9. The molecule has 0 aliphatic heterocycles. The van der Waals surface area contributed by atoms with Crippen LogP contribution in [0.1, 0.15) is 44.7 Å². The number of ketones is 2. The van der Waals surface area contributed by atoms with E-state index in [4.69, 9.17) is 14.7 Å². The van der Waals surface area contributed by atoms with Crippen LogP contribution in [0.2, 0.25) is 0 Å². The van der Waals surface area contributed by atoms with Gasteiger partial charge in [-0.2, -0.15) is 0 Å². The highest BCUT2D eigenvalue weighted by atomic mass is 31.2. The van der Waals surface area contributed by atoms with Crippen molar-refractivity contribution in [2.45, 2.75) is 25.7 Å². The number of hydrogen-bond acceptors (Lipinski definition) is 12. The molecule has 15 nitrogen and oxygen atoms in total. The van der Waals surface area contributed by atoms with Gasteiger partial charge in [-0.1, -0.05) is 24.3 Å². The Balaban J connectivity index is 0.000000333. The minimum atomic E-state index is -5.48. The number of rotatable bonds is 12. The zero-order valence-corrected chi connectivity index (χ0v) is 26.7. The summed E-state index contributed by atoms with van der Waals surface area (Å²) < 4.78 is 43.1. The second-order valence-corrected chi connectivity index (χ2v) is 12.2. The molecule has 0 radical (unpaired) electrons. The first-order valence-electron chi connectivity index (χ1n) is 13.5. The molecule has 4 aromatic rings. The van der Waals surface area contributed by atoms with Crippen molar-refractivity contribution in [3.63, 3.8) is 0 Å². The minimum Gasteiger partial charge on any atom is -0.508 e. The first-order valence-corrected chi connectivity index (χ1v) is 16.5. The van der Waals surface area contributed by atoms with Crippen molar-refractivity contribution in [2.24, 2.45) is 0 Å². The van der Waals surface area contributed by atoms with Crippen molar-refractivity contribution < 1.29 is 82.0 Å². The molecule has 0 saturated carbocycles. The molecule has 0 spiro atoms. The van der Waals surface area contributed by atoms with Gasteiger partial charge in [0, 0.05) is 37.1 Å². The quantitative estimate of drug-likeness (QED) is 0.0660. The molecule has 19 heteroatoms. The molecular weight excluding hydrogens is 700 g/mol. The van der Waals surface area contributed by atoms with Crippen LogP contribution < -0.4 is 9.05 Å². The van der Waals surface area contributed by atoms with Gasteiger partial charge in [-0.25, -0.2) is 9.13 Å². The smallest absolute Gasteiger partial charge is 0.508 e. The highest BCUT2D eigenvalue weighted by Crippen LogP contribution is 2.48. The second-order valence-electron chi connectivity index (χ2n) is 9.98. The van der Waals surface area contributed by atoms with Crippen LogP contribution in [0.25, 0.3) is 0 Å². The van der Waals surface area contributed by atoms with Crippen LogP contribution in [-0.2, 0) is 22.0 Å². The molecule has 0 saturated heterocycles. The lowest BCUT2D eigenvalue weighted by atomic mass is 10.0. The number of phenols is 6. The molecule has 9 N–H and O–H groups in total. The van der Waals surface area contributed by atoms with Crippen LogP contribution in [0.3, 0.4) is 0 Å². The van der Waals surface area contributed by atoms with Crippen molar-refractivity contribution in [1.29, 1.82) is 0 Å². The molecule has 49 heavy (non-hydrogen) atoms. The highest BCUT2D eigenvalue weighted by Gasteiger charge is 2.27. The van der Waals surface area contributed by atoms with Crippen LogP contribution in [0.4, 0.5) is 8.90 Å². The van der Waals surface area contributed by atoms with Gasteiger partial charge in [0.1, 0.15) is 57.1 Å². The maximum Gasteiger partial charge on any atom is 0.567 e. The Morgan fingerprint density at radius 1 is 0.571 bits per heavy atom. The van der Waals surface area contributed by atoms with Gasteiger partial charge in [0.15, 0.2) is 11.6 Å². The third kappa shape index (κ3) is 12.7. The van der Waals surface area contributed by atoms with Crippen LogP contribution in [0.15, 0.2) is 72.8 Å². The van der Waals surface area contributed by atoms with E-state index in [1.165, 1.54) is 24.3 Å². The highest BCUT2D eigenvalue weighted by molar-refractivity contribution is 7.47. The summed E-state index contributed by atoms with van der Waals surface area (Å²) in [5.74, 6) is -4.89. The molecule has 264 valence electrons. The van der Waals surface area contributed by atoms with Crippen LogP contribution in [0, 0.1) is 0 Å². The van der Waals surface area contributed by atoms with Crippen molar-refractivity contribution in [3.05, 3.63) is 95.1 Å². The lowest BCUT2D eigenvalue weighted by molar-refractivity contribution is 0.0969. The SMILES string of the molecule is F.O=C(CCc1ccc(O)cc1)c1c(O)cc(O)cc1OP(=O)(O)F.O=C(CCc1ccc(O)cc1)c1c(O)cc(O)cc1OP(=O)(O)O. The van der Waals surface area contributed by atoms with Gasteiger partial charge in [0.25, 0.3) is 0 Å². The molecule has 0 aliphatic carbocycles. The first-order chi connectivity index (χ1) is 22.3. The van der Waals surface area contributed by atoms with E-state index in [0.717, 1.165) is 35.4 Å². The Morgan fingerprint density at radius 2 is 0.918 bits per heavy atom. The normalized spacial score (nSPS) is 12.0. The van der Waals surface area contributed by atoms with Crippen molar-refractivity contribution in [3.8, 4) is 46.0 Å². The van der Waals surface area contributed by atoms with E-state index in [1.54, 1.807) is 24.3 Å². The molecule has 1 unspecified atom stereocenters. The molecule has 0 aliphatic rings. The lowest BCUT2D eigenvalue weighted by Crippen LogP contribution is -2.05. The molecule has 4 rings (SSSR count). The summed E-state index contributed by atoms with van der Waals surface area (Å²) in [7, 11) is -10.5. The summed E-state index contributed by atoms with van der Waals surface area (Å²) in [6.45, 7) is 0. The minimum absolute atomic E-state index is 0. The number of aryl methyl sites for hydroxylation is 2. The zero-order chi connectivity index (χ0) is 35.8. The standard InChI is InChI=1S/C15H14FO7P.C15H15O8P.FH/c16-24(21,22)23-14-8-11(18)7-13(20)15(14)12(19)6-3-9-1-4-10(17)5-2-9;16-10-4-1-9(2-5-10)3-6-12(18)15-13(19)7-11(17)8-14(15)23-24(20,21)22;/h1-2,4-5,7-8,17-18,20H,3,6H2,(H,21,22);1-2,4-5,7-8,16-17,19H,3,6H2,(H2,20,21,22);1H. The number of Topliss-reactive ketones (excluding diaryl/α,β-unsaturated/α-hetero) is 2. The van der Waals surface area contributed by atoms with Gasteiger partial charge in [-0.3, -0.25) is 29.0 Å². The summed E-state index contributed by atoms with van der Waals surface area (Å²) in [6.07, 6.45) is 0.308. The number of aromatic hydroxyl groups is 6. The number of halogens is 2. The topological polar surface area (TPSA) is 269 Å². The molecular formula is C30H30F2O15P2. The number of benzene rings is 4. The summed E-state index contributed by atoms with van der Waals surface area (Å²) in [6, 6.07) is 15.5. The average Bonchev–Trinajstić information content (AvgIpc) is 2.94. The number of phosphoric acid groups is 1. The third-order valence-corrected chi connectivity index (χ3v) is 7.13. The monoisotopic (exact) mass is 730 g/mol. The van der Waals surface area contributed by atoms with Gasteiger partial charge < -0.3 is 39.7 Å². The van der Waals surface area contributed by atoms with Gasteiger partial charge in [0.2, 0.25) is 0 Å². The maximum absolute atomic E-state index is 12.9. The van der Waals surface area contributed by atoms with Gasteiger partial charge in [0.05, 0.1) is 0 Å². The van der Waals surface area contributed by atoms with E-state index in [-0.39, 0.29) is 41.9 Å². The first kappa shape index (κ1) is 40.0.